The molecule has 2 aliphatic carbocycles. The maximum absolute atomic E-state index is 5.46. The predicted octanol–water partition coefficient (Wildman–Crippen LogP) is 5.21. The maximum Gasteiger partial charge on any atom is -0.00742 e. The van der Waals surface area contributed by atoms with Crippen molar-refractivity contribution >= 4 is 0 Å². The molecule has 1 nitrogen and oxygen atoms in total. The van der Waals surface area contributed by atoms with Gasteiger partial charge in [-0.15, -0.1) is 5.73 Å². The molecule has 0 spiro atoms. The lowest BCUT2D eigenvalue weighted by Gasteiger charge is -2.06. The van der Waals surface area contributed by atoms with Gasteiger partial charge in [0.1, 0.15) is 0 Å². The number of rotatable bonds is 6. The number of benzene rings is 1. The topological polar surface area (TPSA) is 26.0 Å². The minimum atomic E-state index is 0.832. The first-order valence-corrected chi connectivity index (χ1v) is 8.71. The summed E-state index contributed by atoms with van der Waals surface area (Å²) in [4.78, 5) is 0. The second-order valence-corrected chi connectivity index (χ2v) is 6.47. The van der Waals surface area contributed by atoms with Crippen LogP contribution >= 0.6 is 0 Å². The Morgan fingerprint density at radius 3 is 2.74 bits per heavy atom. The first-order chi connectivity index (χ1) is 11.2. The van der Waals surface area contributed by atoms with Crippen molar-refractivity contribution in [3.8, 4) is 0 Å². The zero-order valence-electron chi connectivity index (χ0n) is 14.3. The lowest BCUT2D eigenvalue weighted by atomic mass is 10.0. The molecule has 0 aliphatic heterocycles. The molecule has 1 aromatic carbocycles. The number of hydrogen-bond donors (Lipinski definition) is 1. The van der Waals surface area contributed by atoms with Crippen LogP contribution in [0.25, 0.3) is 0 Å². The van der Waals surface area contributed by atoms with Crippen molar-refractivity contribution in [1.82, 2.24) is 0 Å². The zero-order valence-corrected chi connectivity index (χ0v) is 14.3. The lowest BCUT2D eigenvalue weighted by molar-refractivity contribution is 0.754. The van der Waals surface area contributed by atoms with Crippen LogP contribution in [0.2, 0.25) is 0 Å². The highest BCUT2D eigenvalue weighted by molar-refractivity contribution is 5.29. The SMILES string of the molecule is C=C=C(C)CCc1ccccc1.NCCCC1=CC=CC2CC12. The Balaban J connectivity index is 0.000000167. The molecule has 2 unspecified atom stereocenters. The minimum Gasteiger partial charge on any atom is -0.330 e. The summed E-state index contributed by atoms with van der Waals surface area (Å²) in [6.07, 6.45) is 12.8. The molecular weight excluding hydrogens is 278 g/mol. The van der Waals surface area contributed by atoms with Gasteiger partial charge in [0.25, 0.3) is 0 Å². The zero-order chi connectivity index (χ0) is 16.5. The van der Waals surface area contributed by atoms with Crippen LogP contribution in [0.3, 0.4) is 0 Å². The highest BCUT2D eigenvalue weighted by Gasteiger charge is 2.38. The van der Waals surface area contributed by atoms with Gasteiger partial charge in [0.05, 0.1) is 0 Å². The first kappa shape index (κ1) is 17.5. The minimum absolute atomic E-state index is 0.832. The van der Waals surface area contributed by atoms with E-state index >= 15 is 0 Å². The van der Waals surface area contributed by atoms with E-state index in [2.05, 4.69) is 61.7 Å². The second kappa shape index (κ2) is 9.35. The molecule has 0 heterocycles. The van der Waals surface area contributed by atoms with Crippen molar-refractivity contribution in [1.29, 1.82) is 0 Å². The standard InChI is InChI=1S/C12H14.C10H15N/c1-3-11(2)9-10-12-7-5-4-6-8-12;11-6-2-5-8-3-1-4-9-7-10(8)9/h4-8H,1,9-10H2,2H3;1,3-4,9-10H,2,5-7,11H2. The molecule has 122 valence electrons. The average Bonchev–Trinajstić information content (AvgIpc) is 3.39. The van der Waals surface area contributed by atoms with Gasteiger partial charge in [-0.25, -0.2) is 0 Å². The van der Waals surface area contributed by atoms with Crippen molar-refractivity contribution in [2.24, 2.45) is 17.6 Å². The normalized spacial score (nSPS) is 20.5. The van der Waals surface area contributed by atoms with E-state index < -0.39 is 0 Å². The highest BCUT2D eigenvalue weighted by Crippen LogP contribution is 2.48. The van der Waals surface area contributed by atoms with Crippen molar-refractivity contribution in [2.75, 3.05) is 6.54 Å². The Kier molecular flexibility index (Phi) is 7.13. The summed E-state index contributed by atoms with van der Waals surface area (Å²) in [7, 11) is 0. The van der Waals surface area contributed by atoms with Crippen molar-refractivity contribution in [3.05, 3.63) is 77.6 Å². The summed E-state index contributed by atoms with van der Waals surface area (Å²) in [6.45, 7) is 6.51. The van der Waals surface area contributed by atoms with Gasteiger partial charge < -0.3 is 5.73 Å². The number of hydrogen-bond acceptors (Lipinski definition) is 1. The molecule has 0 aromatic heterocycles. The molecule has 0 saturated heterocycles. The molecule has 0 radical (unpaired) electrons. The van der Waals surface area contributed by atoms with Gasteiger partial charge in [-0.1, -0.05) is 60.7 Å². The van der Waals surface area contributed by atoms with Crippen LogP contribution < -0.4 is 5.73 Å². The highest BCUT2D eigenvalue weighted by atomic mass is 14.5. The smallest absolute Gasteiger partial charge is 0.00742 e. The van der Waals surface area contributed by atoms with Crippen LogP contribution in [-0.2, 0) is 6.42 Å². The van der Waals surface area contributed by atoms with E-state index in [4.69, 9.17) is 5.73 Å². The first-order valence-electron chi connectivity index (χ1n) is 8.71. The van der Waals surface area contributed by atoms with Crippen LogP contribution in [0.1, 0.15) is 38.2 Å². The number of fused-ring (bicyclic) bond motifs is 1. The maximum atomic E-state index is 5.46. The van der Waals surface area contributed by atoms with E-state index in [1.807, 2.05) is 6.07 Å². The number of allylic oxidation sites excluding steroid dienone is 5. The molecule has 23 heavy (non-hydrogen) atoms. The van der Waals surface area contributed by atoms with Crippen molar-refractivity contribution in [2.45, 2.75) is 39.0 Å². The average molecular weight is 307 g/mol. The van der Waals surface area contributed by atoms with Crippen LogP contribution in [-0.4, -0.2) is 6.54 Å². The second-order valence-electron chi connectivity index (χ2n) is 6.47. The van der Waals surface area contributed by atoms with Gasteiger partial charge in [-0.3, -0.25) is 0 Å². The van der Waals surface area contributed by atoms with E-state index in [9.17, 15) is 0 Å². The molecule has 1 saturated carbocycles. The molecule has 0 amide bonds. The Labute approximate surface area is 141 Å². The summed E-state index contributed by atoms with van der Waals surface area (Å²) < 4.78 is 0. The Morgan fingerprint density at radius 2 is 2.04 bits per heavy atom. The molecule has 3 rings (SSSR count). The van der Waals surface area contributed by atoms with Gasteiger partial charge in [-0.2, -0.15) is 0 Å². The fourth-order valence-corrected chi connectivity index (χ4v) is 2.94. The molecule has 2 atom stereocenters. The monoisotopic (exact) mass is 307 g/mol. The molecule has 1 fully saturated rings. The van der Waals surface area contributed by atoms with Crippen LogP contribution in [0, 0.1) is 11.8 Å². The third-order valence-corrected chi connectivity index (χ3v) is 4.59. The molecular formula is C22H29N. The summed E-state index contributed by atoms with van der Waals surface area (Å²) >= 11 is 0. The van der Waals surface area contributed by atoms with Crippen LogP contribution in [0.5, 0.6) is 0 Å². The van der Waals surface area contributed by atoms with E-state index in [0.717, 1.165) is 37.6 Å². The summed E-state index contributed by atoms with van der Waals surface area (Å²) in [5, 5.41) is 0. The summed E-state index contributed by atoms with van der Waals surface area (Å²) in [6, 6.07) is 10.5. The molecule has 2 aliphatic rings. The van der Waals surface area contributed by atoms with Crippen molar-refractivity contribution < 1.29 is 0 Å². The number of aryl methyl sites for hydroxylation is 1. The fourth-order valence-electron chi connectivity index (χ4n) is 2.94. The largest absolute Gasteiger partial charge is 0.330 e. The van der Waals surface area contributed by atoms with Crippen molar-refractivity contribution in [3.63, 3.8) is 0 Å². The third kappa shape index (κ3) is 6.06. The fraction of sp³-hybridized carbons (Fsp3) is 0.409. The lowest BCUT2D eigenvalue weighted by Crippen LogP contribution is -2.00. The van der Waals surface area contributed by atoms with E-state index in [1.54, 1.807) is 5.57 Å². The third-order valence-electron chi connectivity index (χ3n) is 4.59. The molecule has 0 bridgehead atoms. The Bertz CT molecular complexity index is 588. The predicted molar refractivity (Wildman–Crippen MR) is 100 cm³/mol. The van der Waals surface area contributed by atoms with Crippen LogP contribution in [0.15, 0.2) is 72.0 Å². The van der Waals surface area contributed by atoms with Gasteiger partial charge in [0.2, 0.25) is 0 Å². The van der Waals surface area contributed by atoms with Gasteiger partial charge in [0, 0.05) is 0 Å². The number of nitrogens with two attached hydrogens (primary N) is 1. The molecule has 1 aromatic rings. The van der Waals surface area contributed by atoms with E-state index in [-0.39, 0.29) is 0 Å². The van der Waals surface area contributed by atoms with E-state index in [0.29, 0.717) is 0 Å². The quantitative estimate of drug-likeness (QED) is 0.717. The van der Waals surface area contributed by atoms with Gasteiger partial charge in [-0.05, 0) is 68.5 Å². The Morgan fingerprint density at radius 1 is 1.26 bits per heavy atom. The summed E-state index contributed by atoms with van der Waals surface area (Å²) in [5.74, 6) is 1.80. The van der Waals surface area contributed by atoms with E-state index in [1.165, 1.54) is 24.0 Å². The van der Waals surface area contributed by atoms with Gasteiger partial charge in [0.15, 0.2) is 0 Å². The summed E-state index contributed by atoms with van der Waals surface area (Å²) in [5.41, 5.74) is 12.6. The van der Waals surface area contributed by atoms with Gasteiger partial charge >= 0.3 is 0 Å². The van der Waals surface area contributed by atoms with Crippen LogP contribution in [0.4, 0.5) is 0 Å². The molecule has 2 N–H and O–H groups in total. The molecule has 1 heteroatoms. The Hall–Kier alpha value is -1.82.